The zero-order chi connectivity index (χ0) is 9.56. The van der Waals surface area contributed by atoms with Gasteiger partial charge in [-0.1, -0.05) is 13.2 Å². The van der Waals surface area contributed by atoms with Crippen molar-refractivity contribution in [3.63, 3.8) is 0 Å². The maximum absolute atomic E-state index is 10.6. The van der Waals surface area contributed by atoms with E-state index >= 15 is 0 Å². The van der Waals surface area contributed by atoms with E-state index in [0.29, 0.717) is 0 Å². The van der Waals surface area contributed by atoms with Crippen molar-refractivity contribution in [2.75, 3.05) is 0 Å². The second kappa shape index (κ2) is 5.09. The Hall–Kier alpha value is -1.62. The lowest BCUT2D eigenvalue weighted by Gasteiger charge is -2.12. The molecule has 0 aliphatic heterocycles. The molecule has 0 unspecified atom stereocenters. The maximum Gasteiger partial charge on any atom is 0.245 e. The van der Waals surface area contributed by atoms with Gasteiger partial charge in [0.2, 0.25) is 11.8 Å². The summed E-state index contributed by atoms with van der Waals surface area (Å²) >= 11 is 0. The van der Waals surface area contributed by atoms with Crippen molar-refractivity contribution < 1.29 is 9.59 Å². The first kappa shape index (κ1) is 10.4. The third-order valence-corrected chi connectivity index (χ3v) is 0.966. The van der Waals surface area contributed by atoms with Crippen LogP contribution in [-0.4, -0.2) is 18.1 Å². The molecule has 0 aromatic heterocycles. The summed E-state index contributed by atoms with van der Waals surface area (Å²) in [5.74, 6) is -0.904. The summed E-state index contributed by atoms with van der Waals surface area (Å²) in [5.41, 5.74) is 5.27. The van der Waals surface area contributed by atoms with Crippen molar-refractivity contribution in [3.05, 3.63) is 25.3 Å². The molecule has 0 fully saturated rings. The van der Waals surface area contributed by atoms with Gasteiger partial charge in [-0.25, -0.2) is 0 Å². The molecule has 2 amide bonds. The fraction of sp³-hybridized carbons (Fsp3) is 0.143. The summed E-state index contributed by atoms with van der Waals surface area (Å²) in [7, 11) is 0. The summed E-state index contributed by atoms with van der Waals surface area (Å²) in [6.07, 6.45) is 1.20. The third kappa shape index (κ3) is 4.24. The number of carbonyl (C=O) groups is 2. The molecule has 0 aromatic rings. The molecule has 0 bridgehead atoms. The molecule has 5 nitrogen and oxygen atoms in total. The van der Waals surface area contributed by atoms with Crippen LogP contribution >= 0.6 is 0 Å². The Bertz CT molecular complexity index is 191. The van der Waals surface area contributed by atoms with Gasteiger partial charge in [0.05, 0.1) is 0 Å². The highest BCUT2D eigenvalue weighted by molar-refractivity contribution is 5.89. The number of nitrogens with one attached hydrogen (secondary N) is 2. The van der Waals surface area contributed by atoms with Crippen LogP contribution in [0.3, 0.4) is 0 Å². The van der Waals surface area contributed by atoms with Crippen molar-refractivity contribution in [2.24, 2.45) is 5.73 Å². The van der Waals surface area contributed by atoms with Crippen molar-refractivity contribution in [2.45, 2.75) is 6.29 Å². The number of hydrogen-bond acceptors (Lipinski definition) is 3. The number of nitrogens with two attached hydrogens (primary N) is 1. The van der Waals surface area contributed by atoms with E-state index in [2.05, 4.69) is 23.8 Å². The highest BCUT2D eigenvalue weighted by atomic mass is 16.2. The van der Waals surface area contributed by atoms with Crippen molar-refractivity contribution in [1.82, 2.24) is 10.6 Å². The topological polar surface area (TPSA) is 84.2 Å². The highest BCUT2D eigenvalue weighted by Crippen LogP contribution is 1.71. The lowest BCUT2D eigenvalue weighted by atomic mass is 10.5. The van der Waals surface area contributed by atoms with Crippen LogP contribution in [0.1, 0.15) is 0 Å². The first-order valence-corrected chi connectivity index (χ1v) is 3.21. The van der Waals surface area contributed by atoms with E-state index < -0.39 is 18.1 Å². The Morgan fingerprint density at radius 1 is 1.17 bits per heavy atom. The minimum atomic E-state index is -0.916. The first-order chi connectivity index (χ1) is 5.60. The minimum Gasteiger partial charge on any atom is -0.320 e. The van der Waals surface area contributed by atoms with Gasteiger partial charge in [-0.3, -0.25) is 15.3 Å². The summed E-state index contributed by atoms with van der Waals surface area (Å²) in [4.78, 5) is 21.2. The lowest BCUT2D eigenvalue weighted by Crippen LogP contribution is -2.53. The molecule has 0 aromatic carbocycles. The quantitative estimate of drug-likeness (QED) is 0.366. The molecule has 0 saturated heterocycles. The van der Waals surface area contributed by atoms with Crippen LogP contribution in [0, 0.1) is 0 Å². The van der Waals surface area contributed by atoms with Crippen LogP contribution in [0.2, 0.25) is 0 Å². The highest BCUT2D eigenvalue weighted by Gasteiger charge is 2.04. The Morgan fingerprint density at radius 3 is 1.75 bits per heavy atom. The summed E-state index contributed by atoms with van der Waals surface area (Å²) < 4.78 is 0. The van der Waals surface area contributed by atoms with Crippen LogP contribution < -0.4 is 16.4 Å². The Labute approximate surface area is 70.3 Å². The molecule has 0 spiro atoms. The van der Waals surface area contributed by atoms with Crippen LogP contribution in [0.5, 0.6) is 0 Å². The summed E-state index contributed by atoms with van der Waals surface area (Å²) in [6.45, 7) is 6.43. The molecular weight excluding hydrogens is 158 g/mol. The van der Waals surface area contributed by atoms with E-state index in [1.807, 2.05) is 0 Å². The van der Waals surface area contributed by atoms with E-state index in [1.54, 1.807) is 0 Å². The zero-order valence-electron chi connectivity index (χ0n) is 6.54. The van der Waals surface area contributed by atoms with Gasteiger partial charge >= 0.3 is 0 Å². The van der Waals surface area contributed by atoms with Gasteiger partial charge in [0.15, 0.2) is 6.29 Å². The van der Waals surface area contributed by atoms with E-state index in [0.717, 1.165) is 12.2 Å². The molecule has 66 valence electrons. The largest absolute Gasteiger partial charge is 0.320 e. The second-order valence-corrected chi connectivity index (χ2v) is 1.90. The molecule has 0 rings (SSSR count). The van der Waals surface area contributed by atoms with Crippen LogP contribution in [0.4, 0.5) is 0 Å². The first-order valence-electron chi connectivity index (χ1n) is 3.21. The molecule has 12 heavy (non-hydrogen) atoms. The molecule has 0 heterocycles. The summed E-state index contributed by atoms with van der Waals surface area (Å²) in [5, 5.41) is 4.47. The minimum absolute atomic E-state index is 0.452. The SMILES string of the molecule is C=CC(=O)NC(N)NC(=O)C=C. The van der Waals surface area contributed by atoms with Gasteiger partial charge in [0.1, 0.15) is 0 Å². The molecule has 5 heteroatoms. The van der Waals surface area contributed by atoms with E-state index in [-0.39, 0.29) is 0 Å². The molecular formula is C7H11N3O2. The summed E-state index contributed by atoms with van der Waals surface area (Å²) in [6, 6.07) is 0. The number of amides is 2. The molecule has 0 atom stereocenters. The number of hydrogen-bond donors (Lipinski definition) is 3. The molecule has 0 radical (unpaired) electrons. The van der Waals surface area contributed by atoms with Gasteiger partial charge < -0.3 is 10.6 Å². The normalized spacial score (nSPS) is 8.83. The fourth-order valence-electron chi connectivity index (χ4n) is 0.460. The van der Waals surface area contributed by atoms with E-state index in [9.17, 15) is 9.59 Å². The Balaban J connectivity index is 3.80. The van der Waals surface area contributed by atoms with Gasteiger partial charge in [-0.05, 0) is 12.2 Å². The van der Waals surface area contributed by atoms with Crippen LogP contribution in [0.25, 0.3) is 0 Å². The van der Waals surface area contributed by atoms with Gasteiger partial charge in [0, 0.05) is 0 Å². The molecule has 0 aliphatic rings. The zero-order valence-corrected chi connectivity index (χ0v) is 6.54. The van der Waals surface area contributed by atoms with Crippen molar-refractivity contribution in [3.8, 4) is 0 Å². The number of rotatable bonds is 4. The van der Waals surface area contributed by atoms with Crippen LogP contribution in [0.15, 0.2) is 25.3 Å². The maximum atomic E-state index is 10.6. The van der Waals surface area contributed by atoms with Gasteiger partial charge in [-0.15, -0.1) is 0 Å². The second-order valence-electron chi connectivity index (χ2n) is 1.90. The van der Waals surface area contributed by atoms with Gasteiger partial charge in [0.25, 0.3) is 0 Å². The molecule has 4 N–H and O–H groups in total. The average molecular weight is 169 g/mol. The molecule has 0 saturated carbocycles. The molecule has 0 aliphatic carbocycles. The lowest BCUT2D eigenvalue weighted by molar-refractivity contribution is -0.119. The van der Waals surface area contributed by atoms with Crippen molar-refractivity contribution >= 4 is 11.8 Å². The third-order valence-electron chi connectivity index (χ3n) is 0.966. The monoisotopic (exact) mass is 169 g/mol. The number of carbonyl (C=O) groups excluding carboxylic acids is 2. The predicted molar refractivity (Wildman–Crippen MR) is 44.7 cm³/mol. The smallest absolute Gasteiger partial charge is 0.245 e. The van der Waals surface area contributed by atoms with Crippen molar-refractivity contribution in [1.29, 1.82) is 0 Å². The predicted octanol–water partition coefficient (Wildman–Crippen LogP) is -1.17. The standard InChI is InChI=1S/C7H11N3O2/c1-3-5(11)9-7(8)10-6(12)4-2/h3-4,7H,1-2,8H2,(H,9,11)(H,10,12). The Kier molecular flexibility index (Phi) is 4.40. The Morgan fingerprint density at radius 2 is 1.50 bits per heavy atom. The van der Waals surface area contributed by atoms with E-state index in [4.69, 9.17) is 5.73 Å². The van der Waals surface area contributed by atoms with Crippen LogP contribution in [-0.2, 0) is 9.59 Å². The fourth-order valence-corrected chi connectivity index (χ4v) is 0.460. The van der Waals surface area contributed by atoms with Gasteiger partial charge in [-0.2, -0.15) is 0 Å². The average Bonchev–Trinajstić information content (AvgIpc) is 2.03. The van der Waals surface area contributed by atoms with E-state index in [1.165, 1.54) is 0 Å².